The van der Waals surface area contributed by atoms with Crippen molar-refractivity contribution >= 4 is 17.5 Å². The second-order valence-corrected chi connectivity index (χ2v) is 13.0. The molecule has 1 heterocycles. The van der Waals surface area contributed by atoms with Gasteiger partial charge in [-0.1, -0.05) is 137 Å². The Kier molecular flexibility index (Phi) is 8.89. The Balaban J connectivity index is 1.38. The number of hydrogen-bond acceptors (Lipinski definition) is 1. The van der Waals surface area contributed by atoms with Gasteiger partial charge in [0, 0.05) is 17.5 Å². The molecule has 0 amide bonds. The largest absolute Gasteiger partial charge is 0.257 e. The van der Waals surface area contributed by atoms with E-state index in [4.69, 9.17) is 4.99 Å². The zero-order valence-corrected chi connectivity index (χ0v) is 25.1. The van der Waals surface area contributed by atoms with Crippen molar-refractivity contribution < 1.29 is 0 Å². The first-order valence-electron chi connectivity index (χ1n) is 15.5. The maximum atomic E-state index is 5.34. The predicted octanol–water partition coefficient (Wildman–Crippen LogP) is 10.9. The first-order chi connectivity index (χ1) is 19.3. The molecule has 1 heteroatoms. The molecule has 0 saturated carbocycles. The van der Waals surface area contributed by atoms with Gasteiger partial charge in [-0.2, -0.15) is 0 Å². The Labute approximate surface area is 243 Å². The molecule has 0 fully saturated rings. The fraction of sp³-hybridized carbons (Fsp3) is 0.410. The van der Waals surface area contributed by atoms with Crippen molar-refractivity contribution in [1.29, 1.82) is 0 Å². The van der Waals surface area contributed by atoms with Gasteiger partial charge in [-0.3, -0.25) is 4.99 Å². The van der Waals surface area contributed by atoms with Gasteiger partial charge in [0.25, 0.3) is 0 Å². The van der Waals surface area contributed by atoms with Crippen molar-refractivity contribution in [2.24, 2.45) is 22.7 Å². The average molecular weight is 530 g/mol. The van der Waals surface area contributed by atoms with Crippen LogP contribution >= 0.6 is 0 Å². The minimum Gasteiger partial charge on any atom is -0.257 e. The quantitative estimate of drug-likeness (QED) is 0.302. The number of allylic oxidation sites excluding steroid dienone is 7. The molecule has 0 aromatic heterocycles. The summed E-state index contributed by atoms with van der Waals surface area (Å²) in [4.78, 5) is 5.34. The number of unbranched alkanes of at least 4 members (excludes halogenated alkanes) is 1. The maximum absolute atomic E-state index is 5.34. The van der Waals surface area contributed by atoms with Crippen molar-refractivity contribution in [1.82, 2.24) is 0 Å². The van der Waals surface area contributed by atoms with Gasteiger partial charge < -0.3 is 0 Å². The number of aliphatic imine (C=N–C) groups is 1. The Hall–Kier alpha value is -3.19. The van der Waals surface area contributed by atoms with Crippen LogP contribution in [-0.4, -0.2) is 5.71 Å². The zero-order valence-electron chi connectivity index (χ0n) is 25.1. The van der Waals surface area contributed by atoms with E-state index in [0.29, 0.717) is 23.7 Å². The maximum Gasteiger partial charge on any atom is 0.0664 e. The van der Waals surface area contributed by atoms with Crippen LogP contribution in [0.3, 0.4) is 0 Å². The van der Waals surface area contributed by atoms with Gasteiger partial charge in [0.2, 0.25) is 0 Å². The summed E-state index contributed by atoms with van der Waals surface area (Å²) in [7, 11) is 0. The lowest BCUT2D eigenvalue weighted by atomic mass is 9.74. The van der Waals surface area contributed by atoms with Crippen molar-refractivity contribution in [3.05, 3.63) is 119 Å². The number of hydrogen-bond donors (Lipinski definition) is 0. The number of rotatable bonds is 8. The first kappa shape index (κ1) is 28.3. The molecule has 4 atom stereocenters. The molecule has 2 aromatic carbocycles. The van der Waals surface area contributed by atoms with Gasteiger partial charge in [0.1, 0.15) is 0 Å². The fourth-order valence-electron chi connectivity index (χ4n) is 6.39. The van der Waals surface area contributed by atoms with Crippen LogP contribution in [0.4, 0.5) is 0 Å². The van der Waals surface area contributed by atoms with Crippen LogP contribution in [0, 0.1) is 17.8 Å². The molecule has 3 aliphatic rings. The summed E-state index contributed by atoms with van der Waals surface area (Å²) in [5.74, 6) is 1.97. The Bertz CT molecular complexity index is 1320. The van der Waals surface area contributed by atoms with Gasteiger partial charge >= 0.3 is 0 Å². The lowest BCUT2D eigenvalue weighted by Crippen LogP contribution is -2.25. The molecule has 0 bridgehead atoms. The molecule has 1 aliphatic heterocycles. The standard InChI is InChI=1S/C39H47N/c1-6-8-9-29-12-16-33(17-13-29)37-26-35(27-38(40-37)34-22-24-36(25-23-34)39(3,4)5)32-20-18-31(19-21-32)30-14-10-28(7-2)11-15-30/h7,10-16,18,20,22-25,27,31-33,35H,2,6,8-9,17,19,21,26H2,1,3-5H3. The van der Waals surface area contributed by atoms with E-state index in [1.165, 1.54) is 65.6 Å². The van der Waals surface area contributed by atoms with E-state index < -0.39 is 0 Å². The summed E-state index contributed by atoms with van der Waals surface area (Å²) < 4.78 is 0. The molecule has 40 heavy (non-hydrogen) atoms. The topological polar surface area (TPSA) is 12.4 Å². The normalized spacial score (nSPS) is 24.8. The van der Waals surface area contributed by atoms with Crippen molar-refractivity contribution in [2.75, 3.05) is 0 Å². The van der Waals surface area contributed by atoms with Gasteiger partial charge in [-0.15, -0.1) is 0 Å². The molecule has 5 rings (SSSR count). The molecular formula is C39H47N. The average Bonchev–Trinajstić information content (AvgIpc) is 3.00. The third kappa shape index (κ3) is 6.74. The van der Waals surface area contributed by atoms with E-state index in [-0.39, 0.29) is 5.41 Å². The van der Waals surface area contributed by atoms with Gasteiger partial charge in [-0.05, 0) is 78.0 Å². The van der Waals surface area contributed by atoms with Crippen LogP contribution in [-0.2, 0) is 5.41 Å². The zero-order chi connectivity index (χ0) is 28.1. The third-order valence-electron chi connectivity index (χ3n) is 9.10. The first-order valence-corrected chi connectivity index (χ1v) is 15.5. The van der Waals surface area contributed by atoms with E-state index >= 15 is 0 Å². The van der Waals surface area contributed by atoms with E-state index in [0.717, 1.165) is 18.5 Å². The minimum absolute atomic E-state index is 0.153. The van der Waals surface area contributed by atoms with Crippen LogP contribution in [0.25, 0.3) is 11.8 Å². The number of nitrogens with zero attached hydrogens (tertiary/aromatic N) is 1. The predicted molar refractivity (Wildman–Crippen MR) is 175 cm³/mol. The lowest BCUT2D eigenvalue weighted by molar-refractivity contribution is 0.411. The van der Waals surface area contributed by atoms with Gasteiger partial charge in [0.15, 0.2) is 0 Å². The van der Waals surface area contributed by atoms with Crippen molar-refractivity contribution in [3.8, 4) is 0 Å². The SMILES string of the molecule is C=Cc1ccc(C2C=CC(C3C=C(c4ccc(C(C)(C)C)cc4)N=C(C4C=CC(CCCC)=CC4)C3)CC2)cc1. The smallest absolute Gasteiger partial charge is 0.0664 e. The van der Waals surface area contributed by atoms with E-state index in [2.05, 4.69) is 119 Å². The minimum atomic E-state index is 0.153. The van der Waals surface area contributed by atoms with Crippen LogP contribution < -0.4 is 0 Å². The molecule has 208 valence electrons. The highest BCUT2D eigenvalue weighted by atomic mass is 14.8. The summed E-state index contributed by atoms with van der Waals surface area (Å²) in [6.45, 7) is 13.0. The van der Waals surface area contributed by atoms with Gasteiger partial charge in [0.05, 0.1) is 5.70 Å². The Morgan fingerprint density at radius 3 is 2.27 bits per heavy atom. The molecule has 0 saturated heterocycles. The van der Waals surface area contributed by atoms with Crippen LogP contribution in [0.2, 0.25) is 0 Å². The summed E-state index contributed by atoms with van der Waals surface area (Å²) in [6.07, 6.45) is 25.0. The Morgan fingerprint density at radius 2 is 1.68 bits per heavy atom. The molecule has 0 radical (unpaired) electrons. The number of benzene rings is 2. The monoisotopic (exact) mass is 529 g/mol. The molecule has 0 spiro atoms. The Morgan fingerprint density at radius 1 is 0.900 bits per heavy atom. The van der Waals surface area contributed by atoms with Crippen LogP contribution in [0.15, 0.2) is 102 Å². The third-order valence-corrected chi connectivity index (χ3v) is 9.10. The second kappa shape index (κ2) is 12.5. The van der Waals surface area contributed by atoms with E-state index in [1.54, 1.807) is 0 Å². The molecule has 2 aliphatic carbocycles. The molecule has 4 unspecified atom stereocenters. The van der Waals surface area contributed by atoms with E-state index in [9.17, 15) is 0 Å². The second-order valence-electron chi connectivity index (χ2n) is 13.0. The highest BCUT2D eigenvalue weighted by Crippen LogP contribution is 2.40. The van der Waals surface area contributed by atoms with Crippen molar-refractivity contribution in [3.63, 3.8) is 0 Å². The summed E-state index contributed by atoms with van der Waals surface area (Å²) in [5, 5.41) is 0. The van der Waals surface area contributed by atoms with Crippen LogP contribution in [0.1, 0.15) is 101 Å². The molecule has 0 N–H and O–H groups in total. The lowest BCUT2D eigenvalue weighted by Gasteiger charge is -2.32. The molecule has 1 nitrogen and oxygen atoms in total. The summed E-state index contributed by atoms with van der Waals surface area (Å²) in [6, 6.07) is 18.1. The van der Waals surface area contributed by atoms with Gasteiger partial charge in [-0.25, -0.2) is 0 Å². The summed E-state index contributed by atoms with van der Waals surface area (Å²) in [5.41, 5.74) is 9.40. The molecule has 2 aromatic rings. The van der Waals surface area contributed by atoms with Crippen molar-refractivity contribution in [2.45, 2.75) is 84.0 Å². The molecular weight excluding hydrogens is 482 g/mol. The highest BCUT2D eigenvalue weighted by Gasteiger charge is 2.30. The fourth-order valence-corrected chi connectivity index (χ4v) is 6.39. The summed E-state index contributed by atoms with van der Waals surface area (Å²) >= 11 is 0. The van der Waals surface area contributed by atoms with E-state index in [1.807, 2.05) is 6.08 Å². The van der Waals surface area contributed by atoms with Crippen LogP contribution in [0.5, 0.6) is 0 Å². The highest BCUT2D eigenvalue weighted by molar-refractivity contribution is 5.95.